The SMILES string of the molecule is CCOC(=O)c1cnn2c(Br)c(Cl)cc2c1C(C)(C)C. The van der Waals surface area contributed by atoms with Crippen molar-refractivity contribution in [2.45, 2.75) is 33.1 Å². The Morgan fingerprint density at radius 3 is 2.70 bits per heavy atom. The molecule has 2 aromatic heterocycles. The molecule has 2 rings (SSSR count). The number of hydrogen-bond donors (Lipinski definition) is 0. The van der Waals surface area contributed by atoms with Crippen molar-refractivity contribution in [3.63, 3.8) is 0 Å². The minimum Gasteiger partial charge on any atom is -0.462 e. The molecule has 0 radical (unpaired) electrons. The number of halogens is 2. The van der Waals surface area contributed by atoms with E-state index in [1.54, 1.807) is 11.4 Å². The maximum absolute atomic E-state index is 12.1. The first-order valence-electron chi connectivity index (χ1n) is 6.30. The van der Waals surface area contributed by atoms with E-state index in [0.717, 1.165) is 11.1 Å². The fourth-order valence-electron chi connectivity index (χ4n) is 2.21. The Labute approximate surface area is 131 Å². The van der Waals surface area contributed by atoms with E-state index in [2.05, 4.69) is 21.0 Å². The Morgan fingerprint density at radius 2 is 2.15 bits per heavy atom. The van der Waals surface area contributed by atoms with Gasteiger partial charge in [-0.1, -0.05) is 32.4 Å². The van der Waals surface area contributed by atoms with Gasteiger partial charge < -0.3 is 4.74 Å². The van der Waals surface area contributed by atoms with E-state index in [1.807, 2.05) is 26.8 Å². The highest BCUT2D eigenvalue weighted by Gasteiger charge is 2.27. The van der Waals surface area contributed by atoms with E-state index in [9.17, 15) is 4.79 Å². The molecule has 6 heteroatoms. The van der Waals surface area contributed by atoms with Gasteiger partial charge in [0.05, 0.1) is 28.9 Å². The van der Waals surface area contributed by atoms with Crippen molar-refractivity contribution >= 4 is 39.0 Å². The van der Waals surface area contributed by atoms with Crippen LogP contribution < -0.4 is 0 Å². The number of rotatable bonds is 2. The summed E-state index contributed by atoms with van der Waals surface area (Å²) in [6.45, 7) is 8.24. The molecule has 0 amide bonds. The second kappa shape index (κ2) is 5.37. The zero-order valence-electron chi connectivity index (χ0n) is 11.8. The van der Waals surface area contributed by atoms with Gasteiger partial charge >= 0.3 is 5.97 Å². The largest absolute Gasteiger partial charge is 0.462 e. The van der Waals surface area contributed by atoms with Crippen LogP contribution in [0, 0.1) is 0 Å². The number of carbonyl (C=O) groups is 1. The standard InChI is InChI=1S/C14H16BrClN2O2/c1-5-20-13(19)8-7-17-18-10(6-9(16)12(18)15)11(8)14(2,3)4/h6-7H,5H2,1-4H3. The molecule has 4 nitrogen and oxygen atoms in total. The van der Waals surface area contributed by atoms with Crippen LogP contribution in [0.25, 0.3) is 5.52 Å². The first kappa shape index (κ1) is 15.3. The van der Waals surface area contributed by atoms with Crippen LogP contribution in [0.3, 0.4) is 0 Å². The molecule has 0 unspecified atom stereocenters. The summed E-state index contributed by atoms with van der Waals surface area (Å²) in [6.07, 6.45) is 1.53. The third kappa shape index (κ3) is 2.56. The number of hydrogen-bond acceptors (Lipinski definition) is 3. The van der Waals surface area contributed by atoms with Crippen LogP contribution in [-0.2, 0) is 10.2 Å². The fraction of sp³-hybridized carbons (Fsp3) is 0.429. The molecule has 0 N–H and O–H groups in total. The van der Waals surface area contributed by atoms with Gasteiger partial charge in [-0.25, -0.2) is 9.31 Å². The highest BCUT2D eigenvalue weighted by molar-refractivity contribution is 9.10. The molecule has 2 heterocycles. The zero-order chi connectivity index (χ0) is 15.1. The Kier molecular flexibility index (Phi) is 4.12. The van der Waals surface area contributed by atoms with Crippen LogP contribution in [0.1, 0.15) is 43.6 Å². The Balaban J connectivity index is 2.80. The average molecular weight is 360 g/mol. The number of aromatic nitrogens is 2. The van der Waals surface area contributed by atoms with E-state index >= 15 is 0 Å². The number of nitrogens with zero attached hydrogens (tertiary/aromatic N) is 2. The molecule has 0 saturated carbocycles. The zero-order valence-corrected chi connectivity index (χ0v) is 14.2. The molecule has 0 aliphatic carbocycles. The van der Waals surface area contributed by atoms with Crippen molar-refractivity contribution in [1.29, 1.82) is 0 Å². The van der Waals surface area contributed by atoms with E-state index in [-0.39, 0.29) is 11.4 Å². The Hall–Kier alpha value is -1.07. The number of ether oxygens (including phenoxy) is 1. The molecule has 0 aliphatic rings. The molecule has 108 valence electrons. The third-order valence-electron chi connectivity index (χ3n) is 2.95. The fourth-order valence-corrected chi connectivity index (χ4v) is 2.79. The average Bonchev–Trinajstić information content (AvgIpc) is 2.63. The van der Waals surface area contributed by atoms with Gasteiger partial charge in [0, 0.05) is 0 Å². The van der Waals surface area contributed by atoms with E-state index in [0.29, 0.717) is 21.8 Å². The molecular formula is C14H16BrClN2O2. The minimum atomic E-state index is -0.360. The summed E-state index contributed by atoms with van der Waals surface area (Å²) in [7, 11) is 0. The van der Waals surface area contributed by atoms with Gasteiger partial charge in [-0.2, -0.15) is 5.10 Å². The van der Waals surface area contributed by atoms with Gasteiger partial charge in [0.1, 0.15) is 4.60 Å². The summed E-state index contributed by atoms with van der Waals surface area (Å²) in [4.78, 5) is 12.1. The van der Waals surface area contributed by atoms with E-state index in [1.165, 1.54) is 6.20 Å². The van der Waals surface area contributed by atoms with Crippen molar-refractivity contribution < 1.29 is 9.53 Å². The molecule has 0 fully saturated rings. The molecule has 0 atom stereocenters. The first-order chi connectivity index (χ1) is 9.27. The summed E-state index contributed by atoms with van der Waals surface area (Å²) >= 11 is 9.54. The van der Waals surface area contributed by atoms with Crippen molar-refractivity contribution in [2.75, 3.05) is 6.61 Å². The molecule has 0 saturated heterocycles. The lowest BCUT2D eigenvalue weighted by atomic mass is 9.84. The van der Waals surface area contributed by atoms with Crippen LogP contribution in [0.4, 0.5) is 0 Å². The van der Waals surface area contributed by atoms with Crippen LogP contribution >= 0.6 is 27.5 Å². The summed E-state index contributed by atoms with van der Waals surface area (Å²) in [6, 6.07) is 1.81. The molecule has 0 spiro atoms. The third-order valence-corrected chi connectivity index (χ3v) is 4.23. The van der Waals surface area contributed by atoms with Gasteiger partial charge in [0.15, 0.2) is 0 Å². The van der Waals surface area contributed by atoms with E-state index in [4.69, 9.17) is 16.3 Å². The van der Waals surface area contributed by atoms with Gasteiger partial charge in [0.25, 0.3) is 0 Å². The van der Waals surface area contributed by atoms with Gasteiger partial charge in [0.2, 0.25) is 0 Å². The molecule has 0 aromatic carbocycles. The van der Waals surface area contributed by atoms with Crippen LogP contribution in [0.5, 0.6) is 0 Å². The van der Waals surface area contributed by atoms with Crippen LogP contribution in [0.2, 0.25) is 5.02 Å². The predicted octanol–water partition coefficient (Wildman–Crippen LogP) is 4.22. The maximum Gasteiger partial charge on any atom is 0.340 e. The highest BCUT2D eigenvalue weighted by atomic mass is 79.9. The van der Waals surface area contributed by atoms with Crippen molar-refractivity contribution in [3.8, 4) is 0 Å². The molecule has 0 aliphatic heterocycles. The summed E-state index contributed by atoms with van der Waals surface area (Å²) < 4.78 is 7.48. The Morgan fingerprint density at radius 1 is 1.50 bits per heavy atom. The second-order valence-electron chi connectivity index (χ2n) is 5.48. The highest BCUT2D eigenvalue weighted by Crippen LogP contribution is 2.35. The predicted molar refractivity (Wildman–Crippen MR) is 82.6 cm³/mol. The lowest BCUT2D eigenvalue weighted by Crippen LogP contribution is -2.20. The quantitative estimate of drug-likeness (QED) is 0.754. The van der Waals surface area contributed by atoms with Crippen LogP contribution in [-0.4, -0.2) is 22.2 Å². The minimum absolute atomic E-state index is 0.243. The van der Waals surface area contributed by atoms with Crippen molar-refractivity contribution in [1.82, 2.24) is 9.61 Å². The van der Waals surface area contributed by atoms with Crippen molar-refractivity contribution in [3.05, 3.63) is 33.0 Å². The number of esters is 1. The number of fused-ring (bicyclic) bond motifs is 1. The normalized spacial score (nSPS) is 11.9. The molecular weight excluding hydrogens is 344 g/mol. The van der Waals surface area contributed by atoms with Gasteiger partial charge in [-0.3, -0.25) is 0 Å². The van der Waals surface area contributed by atoms with Crippen molar-refractivity contribution in [2.24, 2.45) is 0 Å². The van der Waals surface area contributed by atoms with Crippen LogP contribution in [0.15, 0.2) is 16.9 Å². The topological polar surface area (TPSA) is 43.6 Å². The van der Waals surface area contributed by atoms with E-state index < -0.39 is 0 Å². The van der Waals surface area contributed by atoms with Gasteiger partial charge in [-0.15, -0.1) is 0 Å². The smallest absolute Gasteiger partial charge is 0.340 e. The lowest BCUT2D eigenvalue weighted by Gasteiger charge is -2.23. The summed E-state index contributed by atoms with van der Waals surface area (Å²) in [5.41, 5.74) is 1.92. The lowest BCUT2D eigenvalue weighted by molar-refractivity contribution is 0.0523. The molecule has 2 aromatic rings. The summed E-state index contributed by atoms with van der Waals surface area (Å²) in [5.74, 6) is -0.360. The summed E-state index contributed by atoms with van der Waals surface area (Å²) in [5, 5.41) is 4.82. The first-order valence-corrected chi connectivity index (χ1v) is 7.47. The second-order valence-corrected chi connectivity index (χ2v) is 6.64. The maximum atomic E-state index is 12.1. The number of carbonyl (C=O) groups excluding carboxylic acids is 1. The monoisotopic (exact) mass is 358 g/mol. The molecule has 20 heavy (non-hydrogen) atoms. The molecule has 0 bridgehead atoms. The van der Waals surface area contributed by atoms with Gasteiger partial charge in [-0.05, 0) is 39.9 Å². The Bertz CT molecular complexity index is 674.